The second-order valence-corrected chi connectivity index (χ2v) is 7.97. The molecule has 0 aliphatic carbocycles. The third-order valence-corrected chi connectivity index (χ3v) is 5.23. The monoisotopic (exact) mass is 408 g/mol. The van der Waals surface area contributed by atoms with Crippen molar-refractivity contribution in [2.75, 3.05) is 19.0 Å². The van der Waals surface area contributed by atoms with Crippen LogP contribution in [0.1, 0.15) is 26.7 Å². The number of amides is 2. The molecule has 0 radical (unpaired) electrons. The van der Waals surface area contributed by atoms with Gasteiger partial charge in [-0.15, -0.1) is 11.8 Å². The van der Waals surface area contributed by atoms with Crippen LogP contribution in [0.2, 0.25) is 0 Å². The van der Waals surface area contributed by atoms with Gasteiger partial charge in [-0.25, -0.2) is 4.79 Å². The van der Waals surface area contributed by atoms with Crippen LogP contribution in [0.15, 0.2) is 29.2 Å². The maximum atomic E-state index is 12.1. The van der Waals surface area contributed by atoms with E-state index in [2.05, 4.69) is 15.4 Å². The predicted octanol–water partition coefficient (Wildman–Crippen LogP) is 1.74. The summed E-state index contributed by atoms with van der Waals surface area (Å²) in [4.78, 5) is 48.8. The molecule has 0 bridgehead atoms. The van der Waals surface area contributed by atoms with Gasteiger partial charge in [0.15, 0.2) is 6.61 Å². The highest BCUT2D eigenvalue weighted by atomic mass is 32.2. The maximum absolute atomic E-state index is 12.1. The summed E-state index contributed by atoms with van der Waals surface area (Å²) in [5.74, 6) is -1.94. The number of benzene rings is 1. The number of hydrogen-bond acceptors (Lipinski definition) is 7. The molecule has 2 N–H and O–H groups in total. The summed E-state index contributed by atoms with van der Waals surface area (Å²) < 4.78 is 9.64. The first-order valence-corrected chi connectivity index (χ1v) is 9.77. The number of ether oxygens (including phenoxy) is 2. The van der Waals surface area contributed by atoms with Crippen molar-refractivity contribution in [3.63, 3.8) is 0 Å². The number of carbonyl (C=O) groups excluding carboxylic acids is 4. The molecule has 0 saturated carbocycles. The van der Waals surface area contributed by atoms with Crippen LogP contribution in [-0.2, 0) is 28.7 Å². The minimum atomic E-state index is -0.799. The highest BCUT2D eigenvalue weighted by molar-refractivity contribution is 8.01. The van der Waals surface area contributed by atoms with Crippen LogP contribution >= 0.6 is 11.8 Å². The molecule has 1 aliphatic rings. The Bertz CT molecular complexity index is 752. The highest BCUT2D eigenvalue weighted by Crippen LogP contribution is 2.36. The SMILES string of the molecule is COC(=O)[C@@H](CC(C)C)NC(=O)COC(=O)C[C@@H]1Sc2ccccc2NC1=O. The van der Waals surface area contributed by atoms with Gasteiger partial charge in [-0.05, 0) is 24.5 Å². The van der Waals surface area contributed by atoms with Crippen molar-refractivity contribution in [3.8, 4) is 0 Å². The maximum Gasteiger partial charge on any atom is 0.328 e. The van der Waals surface area contributed by atoms with Crippen molar-refractivity contribution < 1.29 is 28.7 Å². The summed E-state index contributed by atoms with van der Waals surface area (Å²) in [6.07, 6.45) is 0.245. The van der Waals surface area contributed by atoms with E-state index in [1.807, 2.05) is 32.0 Å². The van der Waals surface area contributed by atoms with Crippen LogP contribution in [0.3, 0.4) is 0 Å². The van der Waals surface area contributed by atoms with Crippen LogP contribution in [-0.4, -0.2) is 48.8 Å². The Kier molecular flexibility index (Phi) is 7.86. The lowest BCUT2D eigenvalue weighted by atomic mass is 10.0. The normalized spacial score (nSPS) is 16.6. The Labute approximate surface area is 167 Å². The van der Waals surface area contributed by atoms with Crippen LogP contribution in [0, 0.1) is 5.92 Å². The number of thioether (sulfide) groups is 1. The highest BCUT2D eigenvalue weighted by Gasteiger charge is 2.30. The Morgan fingerprint density at radius 3 is 2.64 bits per heavy atom. The second kappa shape index (κ2) is 10.1. The molecular weight excluding hydrogens is 384 g/mol. The van der Waals surface area contributed by atoms with Gasteiger partial charge in [0.1, 0.15) is 6.04 Å². The third-order valence-electron chi connectivity index (χ3n) is 3.95. The molecule has 1 heterocycles. The van der Waals surface area contributed by atoms with Crippen molar-refractivity contribution in [2.24, 2.45) is 5.92 Å². The lowest BCUT2D eigenvalue weighted by molar-refractivity contribution is -0.150. The molecule has 1 aromatic carbocycles. The van der Waals surface area contributed by atoms with E-state index in [1.54, 1.807) is 6.07 Å². The van der Waals surface area contributed by atoms with Gasteiger partial charge in [-0.2, -0.15) is 0 Å². The molecule has 28 heavy (non-hydrogen) atoms. The summed E-state index contributed by atoms with van der Waals surface area (Å²) >= 11 is 1.28. The zero-order chi connectivity index (χ0) is 20.7. The number of anilines is 1. The zero-order valence-electron chi connectivity index (χ0n) is 16.0. The fourth-order valence-electron chi connectivity index (χ4n) is 2.65. The van der Waals surface area contributed by atoms with Crippen LogP contribution < -0.4 is 10.6 Å². The Hall–Kier alpha value is -2.55. The topological polar surface area (TPSA) is 111 Å². The van der Waals surface area contributed by atoms with E-state index in [-0.39, 0.29) is 18.2 Å². The van der Waals surface area contributed by atoms with E-state index >= 15 is 0 Å². The van der Waals surface area contributed by atoms with Crippen molar-refractivity contribution in [2.45, 2.75) is 42.9 Å². The number of methoxy groups -OCH3 is 1. The number of rotatable bonds is 8. The van der Waals surface area contributed by atoms with Gasteiger partial charge in [-0.3, -0.25) is 14.4 Å². The Morgan fingerprint density at radius 2 is 1.96 bits per heavy atom. The van der Waals surface area contributed by atoms with Crippen LogP contribution in [0.4, 0.5) is 5.69 Å². The Morgan fingerprint density at radius 1 is 1.25 bits per heavy atom. The van der Waals surface area contributed by atoms with Crippen molar-refractivity contribution in [1.82, 2.24) is 5.32 Å². The summed E-state index contributed by atoms with van der Waals surface area (Å²) in [6, 6.07) is 6.50. The standard InChI is InChI=1S/C19H24N2O6S/c1-11(2)8-13(19(25)26-3)20-16(22)10-27-17(23)9-15-18(24)21-12-6-4-5-7-14(12)28-15/h4-7,11,13,15H,8-10H2,1-3H3,(H,20,22)(H,21,24)/t13-,15+/m1/s1. The average molecular weight is 408 g/mol. The molecule has 1 aliphatic heterocycles. The summed E-state index contributed by atoms with van der Waals surface area (Å²) in [7, 11) is 1.24. The number of carbonyl (C=O) groups is 4. The number of para-hydroxylation sites is 1. The first-order valence-electron chi connectivity index (χ1n) is 8.89. The van der Waals surface area contributed by atoms with E-state index in [0.717, 1.165) is 4.90 Å². The lowest BCUT2D eigenvalue weighted by Crippen LogP contribution is -2.44. The minimum Gasteiger partial charge on any atom is -0.467 e. The van der Waals surface area contributed by atoms with Gasteiger partial charge in [0, 0.05) is 4.90 Å². The predicted molar refractivity (Wildman–Crippen MR) is 104 cm³/mol. The molecule has 2 amide bonds. The summed E-state index contributed by atoms with van der Waals surface area (Å²) in [5, 5.41) is 4.62. The molecule has 0 unspecified atom stereocenters. The molecule has 9 heteroatoms. The molecule has 0 spiro atoms. The fourth-order valence-corrected chi connectivity index (χ4v) is 3.74. The van der Waals surface area contributed by atoms with Crippen molar-refractivity contribution in [3.05, 3.63) is 24.3 Å². The molecule has 1 aromatic rings. The van der Waals surface area contributed by atoms with Gasteiger partial charge in [-0.1, -0.05) is 26.0 Å². The Balaban J connectivity index is 1.82. The largest absolute Gasteiger partial charge is 0.467 e. The van der Waals surface area contributed by atoms with Crippen molar-refractivity contribution >= 4 is 41.2 Å². The number of nitrogens with one attached hydrogen (secondary N) is 2. The molecule has 0 aromatic heterocycles. The second-order valence-electron chi connectivity index (χ2n) is 6.73. The zero-order valence-corrected chi connectivity index (χ0v) is 16.8. The van der Waals surface area contributed by atoms with Gasteiger partial charge in [0.05, 0.1) is 24.5 Å². The van der Waals surface area contributed by atoms with E-state index in [9.17, 15) is 19.2 Å². The molecule has 0 saturated heterocycles. The summed E-state index contributed by atoms with van der Waals surface area (Å²) in [5.41, 5.74) is 0.709. The molecule has 2 rings (SSSR count). The van der Waals surface area contributed by atoms with Gasteiger partial charge < -0.3 is 20.1 Å². The molecule has 0 fully saturated rings. The van der Waals surface area contributed by atoms with Crippen LogP contribution in [0.25, 0.3) is 0 Å². The molecule has 152 valence electrons. The number of esters is 2. The van der Waals surface area contributed by atoms with Crippen LogP contribution in [0.5, 0.6) is 0 Å². The summed E-state index contributed by atoms with van der Waals surface area (Å²) in [6.45, 7) is 3.29. The fraction of sp³-hybridized carbons (Fsp3) is 0.474. The van der Waals surface area contributed by atoms with Gasteiger partial charge >= 0.3 is 11.9 Å². The first kappa shape index (κ1) is 21.7. The van der Waals surface area contributed by atoms with E-state index in [4.69, 9.17) is 4.74 Å². The lowest BCUT2D eigenvalue weighted by Gasteiger charge is -2.23. The average Bonchev–Trinajstić information content (AvgIpc) is 2.65. The van der Waals surface area contributed by atoms with E-state index in [0.29, 0.717) is 12.1 Å². The number of hydrogen-bond donors (Lipinski definition) is 2. The molecule has 8 nitrogen and oxygen atoms in total. The minimum absolute atomic E-state index is 0.162. The third kappa shape index (κ3) is 6.26. The first-order chi connectivity index (χ1) is 13.3. The van der Waals surface area contributed by atoms with Gasteiger partial charge in [0.2, 0.25) is 5.91 Å². The van der Waals surface area contributed by atoms with Crippen molar-refractivity contribution in [1.29, 1.82) is 0 Å². The van der Waals surface area contributed by atoms with E-state index in [1.165, 1.54) is 18.9 Å². The molecule has 2 atom stereocenters. The van der Waals surface area contributed by atoms with E-state index < -0.39 is 35.7 Å². The quantitative estimate of drug-likeness (QED) is 0.630. The van der Waals surface area contributed by atoms with Gasteiger partial charge in [0.25, 0.3) is 5.91 Å². The number of fused-ring (bicyclic) bond motifs is 1. The molecular formula is C19H24N2O6S. The smallest absolute Gasteiger partial charge is 0.328 e.